The Morgan fingerprint density at radius 2 is 1.95 bits per heavy atom. The summed E-state index contributed by atoms with van der Waals surface area (Å²) in [5.74, 6) is 0.796. The molecule has 2 aromatic carbocycles. The Labute approximate surface area is 136 Å². The minimum absolute atomic E-state index is 0.421. The van der Waals surface area contributed by atoms with Crippen LogP contribution in [-0.4, -0.2) is 4.57 Å². The van der Waals surface area contributed by atoms with Gasteiger partial charge < -0.3 is 9.30 Å². The maximum atomic E-state index is 6.00. The largest absolute Gasteiger partial charge is 0.489 e. The molecule has 0 unspecified atom stereocenters. The molecule has 3 heteroatoms. The minimum Gasteiger partial charge on any atom is -0.489 e. The average Bonchev–Trinajstić information content (AvgIpc) is 2.83. The van der Waals surface area contributed by atoms with Gasteiger partial charge in [0.25, 0.3) is 0 Å². The summed E-state index contributed by atoms with van der Waals surface area (Å²) in [6.45, 7) is 7.06. The standard InChI is InChI=1S/C19H20ClNO/c1-13(2)21-11-15(18-8-7-14(3)9-19(18)21)12-22-17-6-4-5-16(20)10-17/h4-11,13H,12H2,1-3H3. The predicted octanol–water partition coefficient (Wildman–Crippen LogP) is 5.76. The number of fused-ring (bicyclic) bond motifs is 1. The van der Waals surface area contributed by atoms with Crippen LogP contribution >= 0.6 is 11.6 Å². The second-order valence-electron chi connectivity index (χ2n) is 5.92. The fraction of sp³-hybridized carbons (Fsp3) is 0.263. The van der Waals surface area contributed by atoms with E-state index in [0.717, 1.165) is 5.75 Å². The van der Waals surface area contributed by atoms with E-state index in [2.05, 4.69) is 49.7 Å². The summed E-state index contributed by atoms with van der Waals surface area (Å²) in [5, 5.41) is 1.94. The lowest BCUT2D eigenvalue weighted by molar-refractivity contribution is 0.307. The van der Waals surface area contributed by atoms with E-state index in [9.17, 15) is 0 Å². The molecule has 0 saturated heterocycles. The van der Waals surface area contributed by atoms with Gasteiger partial charge in [-0.2, -0.15) is 0 Å². The van der Waals surface area contributed by atoms with Gasteiger partial charge in [0.1, 0.15) is 12.4 Å². The Kier molecular flexibility index (Phi) is 4.12. The number of nitrogens with zero attached hydrogens (tertiary/aromatic N) is 1. The van der Waals surface area contributed by atoms with Gasteiger partial charge in [-0.3, -0.25) is 0 Å². The third-order valence-corrected chi connectivity index (χ3v) is 4.05. The SMILES string of the molecule is Cc1ccc2c(COc3cccc(Cl)c3)cn(C(C)C)c2c1. The van der Waals surface area contributed by atoms with Gasteiger partial charge in [-0.15, -0.1) is 0 Å². The van der Waals surface area contributed by atoms with Crippen LogP contribution in [-0.2, 0) is 6.61 Å². The smallest absolute Gasteiger partial charge is 0.121 e. The molecular weight excluding hydrogens is 294 g/mol. The van der Waals surface area contributed by atoms with Crippen molar-refractivity contribution in [1.29, 1.82) is 0 Å². The van der Waals surface area contributed by atoms with E-state index >= 15 is 0 Å². The van der Waals surface area contributed by atoms with E-state index in [1.54, 1.807) is 0 Å². The molecule has 3 rings (SSSR count). The van der Waals surface area contributed by atoms with Gasteiger partial charge in [-0.05, 0) is 50.6 Å². The lowest BCUT2D eigenvalue weighted by Crippen LogP contribution is -1.98. The van der Waals surface area contributed by atoms with Crippen molar-refractivity contribution >= 4 is 22.5 Å². The zero-order valence-electron chi connectivity index (χ0n) is 13.1. The number of aromatic nitrogens is 1. The second kappa shape index (κ2) is 6.05. The van der Waals surface area contributed by atoms with Crippen LogP contribution in [0.3, 0.4) is 0 Å². The van der Waals surface area contributed by atoms with Crippen LogP contribution < -0.4 is 4.74 Å². The zero-order valence-corrected chi connectivity index (χ0v) is 13.9. The van der Waals surface area contributed by atoms with Gasteiger partial charge in [0.2, 0.25) is 0 Å². The monoisotopic (exact) mass is 313 g/mol. The maximum absolute atomic E-state index is 6.00. The molecule has 0 aliphatic carbocycles. The lowest BCUT2D eigenvalue weighted by atomic mass is 10.1. The van der Waals surface area contributed by atoms with Gasteiger partial charge in [0, 0.05) is 33.7 Å². The number of halogens is 1. The molecule has 0 saturated carbocycles. The second-order valence-corrected chi connectivity index (χ2v) is 6.36. The highest BCUT2D eigenvalue weighted by atomic mass is 35.5. The molecule has 1 heterocycles. The third-order valence-electron chi connectivity index (χ3n) is 3.82. The molecule has 0 N–H and O–H groups in total. The fourth-order valence-electron chi connectivity index (χ4n) is 2.69. The van der Waals surface area contributed by atoms with E-state index < -0.39 is 0 Å². The number of benzene rings is 2. The Hall–Kier alpha value is -1.93. The first-order chi connectivity index (χ1) is 10.5. The first kappa shape index (κ1) is 15.0. The molecule has 0 fully saturated rings. The molecule has 0 aliphatic heterocycles. The molecular formula is C19H20ClNO. The first-order valence-electron chi connectivity index (χ1n) is 7.53. The summed E-state index contributed by atoms with van der Waals surface area (Å²) < 4.78 is 8.21. The van der Waals surface area contributed by atoms with Crippen LogP contribution in [0.1, 0.15) is 31.0 Å². The van der Waals surface area contributed by atoms with E-state index in [1.165, 1.54) is 22.0 Å². The summed E-state index contributed by atoms with van der Waals surface area (Å²) in [6.07, 6.45) is 2.19. The minimum atomic E-state index is 0.421. The van der Waals surface area contributed by atoms with Gasteiger partial charge in [0.05, 0.1) is 0 Å². The third kappa shape index (κ3) is 2.97. The van der Waals surface area contributed by atoms with Crippen LogP contribution in [0.5, 0.6) is 5.75 Å². The zero-order chi connectivity index (χ0) is 15.7. The van der Waals surface area contributed by atoms with Crippen molar-refractivity contribution in [2.24, 2.45) is 0 Å². The van der Waals surface area contributed by atoms with E-state index in [-0.39, 0.29) is 0 Å². The number of hydrogen-bond donors (Lipinski definition) is 0. The van der Waals surface area contributed by atoms with E-state index in [4.69, 9.17) is 16.3 Å². The van der Waals surface area contributed by atoms with Gasteiger partial charge in [-0.1, -0.05) is 29.8 Å². The van der Waals surface area contributed by atoms with Gasteiger partial charge >= 0.3 is 0 Å². The highest BCUT2D eigenvalue weighted by Gasteiger charge is 2.11. The van der Waals surface area contributed by atoms with Crippen molar-refractivity contribution in [3.63, 3.8) is 0 Å². The summed E-state index contributed by atoms with van der Waals surface area (Å²) in [6, 6.07) is 14.5. The Bertz CT molecular complexity index is 804. The molecule has 22 heavy (non-hydrogen) atoms. The van der Waals surface area contributed by atoms with Crippen molar-refractivity contribution in [2.75, 3.05) is 0 Å². The summed E-state index contributed by atoms with van der Waals surface area (Å²) >= 11 is 6.00. The molecule has 0 spiro atoms. The summed E-state index contributed by atoms with van der Waals surface area (Å²) in [4.78, 5) is 0. The number of rotatable bonds is 4. The lowest BCUT2D eigenvalue weighted by Gasteiger charge is -2.09. The van der Waals surface area contributed by atoms with Crippen molar-refractivity contribution < 1.29 is 4.74 Å². The van der Waals surface area contributed by atoms with Gasteiger partial charge in [-0.25, -0.2) is 0 Å². The fourth-order valence-corrected chi connectivity index (χ4v) is 2.87. The highest BCUT2D eigenvalue weighted by Crippen LogP contribution is 2.27. The van der Waals surface area contributed by atoms with Crippen molar-refractivity contribution in [2.45, 2.75) is 33.4 Å². The van der Waals surface area contributed by atoms with Crippen molar-refractivity contribution in [3.8, 4) is 5.75 Å². The number of aryl methyl sites for hydroxylation is 1. The normalized spacial score (nSPS) is 11.3. The topological polar surface area (TPSA) is 14.2 Å². The summed E-state index contributed by atoms with van der Waals surface area (Å²) in [5.41, 5.74) is 3.73. The Morgan fingerprint density at radius 3 is 2.68 bits per heavy atom. The Morgan fingerprint density at radius 1 is 1.14 bits per heavy atom. The molecule has 3 aromatic rings. The molecule has 0 aliphatic rings. The average molecular weight is 314 g/mol. The first-order valence-corrected chi connectivity index (χ1v) is 7.91. The van der Waals surface area contributed by atoms with Crippen LogP contribution in [0.2, 0.25) is 5.02 Å². The molecule has 2 nitrogen and oxygen atoms in total. The van der Waals surface area contributed by atoms with Crippen LogP contribution in [0.4, 0.5) is 0 Å². The highest BCUT2D eigenvalue weighted by molar-refractivity contribution is 6.30. The Balaban J connectivity index is 1.93. The molecule has 114 valence electrons. The maximum Gasteiger partial charge on any atom is 0.121 e. The quantitative estimate of drug-likeness (QED) is 0.597. The van der Waals surface area contributed by atoms with Crippen molar-refractivity contribution in [3.05, 3.63) is 64.8 Å². The van der Waals surface area contributed by atoms with Crippen LogP contribution in [0.15, 0.2) is 48.7 Å². The number of hydrogen-bond acceptors (Lipinski definition) is 1. The number of ether oxygens (including phenoxy) is 1. The van der Waals surface area contributed by atoms with Crippen molar-refractivity contribution in [1.82, 2.24) is 4.57 Å². The van der Waals surface area contributed by atoms with E-state index in [1.807, 2.05) is 24.3 Å². The molecule has 1 aromatic heterocycles. The van der Waals surface area contributed by atoms with Crippen LogP contribution in [0.25, 0.3) is 10.9 Å². The molecule has 0 bridgehead atoms. The van der Waals surface area contributed by atoms with Gasteiger partial charge in [0.15, 0.2) is 0 Å². The molecule has 0 amide bonds. The van der Waals surface area contributed by atoms with E-state index in [0.29, 0.717) is 17.7 Å². The molecule has 0 radical (unpaired) electrons. The van der Waals surface area contributed by atoms with Crippen LogP contribution in [0, 0.1) is 6.92 Å². The molecule has 0 atom stereocenters. The predicted molar refractivity (Wildman–Crippen MR) is 92.8 cm³/mol. The summed E-state index contributed by atoms with van der Waals surface area (Å²) in [7, 11) is 0.